The molecule has 1 heterocycles. The van der Waals surface area contributed by atoms with Gasteiger partial charge in [-0.25, -0.2) is 4.98 Å². The molecule has 18 heavy (non-hydrogen) atoms. The first kappa shape index (κ1) is 13.2. The van der Waals surface area contributed by atoms with Crippen LogP contribution in [0, 0.1) is 0 Å². The fraction of sp³-hybridized carbons (Fsp3) is 0.500. The first-order valence-electron chi connectivity index (χ1n) is 6.48. The van der Waals surface area contributed by atoms with Gasteiger partial charge in [-0.05, 0) is 25.5 Å². The molecule has 0 saturated heterocycles. The number of hydrogen-bond acceptors (Lipinski definition) is 2. The van der Waals surface area contributed by atoms with Crippen LogP contribution < -0.4 is 4.74 Å². The predicted molar refractivity (Wildman–Crippen MR) is 75.6 cm³/mol. The Morgan fingerprint density at radius 2 is 2.17 bits per heavy atom. The fourth-order valence-electron chi connectivity index (χ4n) is 2.19. The maximum atomic E-state index is 5.85. The van der Waals surface area contributed by atoms with E-state index in [0.717, 1.165) is 42.0 Å². The monoisotopic (exact) mass is 266 g/mol. The zero-order chi connectivity index (χ0) is 13.0. The highest BCUT2D eigenvalue weighted by Crippen LogP contribution is 2.26. The molecule has 98 valence electrons. The van der Waals surface area contributed by atoms with Gasteiger partial charge in [0.15, 0.2) is 0 Å². The van der Waals surface area contributed by atoms with Crippen LogP contribution in [0.25, 0.3) is 11.0 Å². The number of aryl methyl sites for hydroxylation is 2. The third kappa shape index (κ3) is 2.46. The van der Waals surface area contributed by atoms with Crippen LogP contribution in [0.5, 0.6) is 5.75 Å². The standard InChI is InChI=1S/C14H19ClN2O/c1-3-10-17-11-6-5-7-12(18-4-2)14(11)16-13(17)8-9-15/h5-7H,3-4,8-10H2,1-2H3. The molecule has 0 spiro atoms. The Hall–Kier alpha value is -1.22. The molecule has 0 amide bonds. The summed E-state index contributed by atoms with van der Waals surface area (Å²) in [5, 5.41) is 0. The summed E-state index contributed by atoms with van der Waals surface area (Å²) in [5.74, 6) is 2.51. The third-order valence-corrected chi connectivity index (χ3v) is 3.08. The second kappa shape index (κ2) is 6.10. The van der Waals surface area contributed by atoms with E-state index >= 15 is 0 Å². The first-order valence-corrected chi connectivity index (χ1v) is 7.02. The molecule has 0 N–H and O–H groups in total. The summed E-state index contributed by atoms with van der Waals surface area (Å²) in [6, 6.07) is 6.09. The second-order valence-electron chi connectivity index (χ2n) is 4.18. The quantitative estimate of drug-likeness (QED) is 0.747. The van der Waals surface area contributed by atoms with Gasteiger partial charge >= 0.3 is 0 Å². The molecule has 0 aliphatic carbocycles. The average molecular weight is 267 g/mol. The second-order valence-corrected chi connectivity index (χ2v) is 4.55. The highest BCUT2D eigenvalue weighted by molar-refractivity contribution is 6.17. The Labute approximate surface area is 113 Å². The van der Waals surface area contributed by atoms with Crippen molar-refractivity contribution in [2.45, 2.75) is 33.2 Å². The van der Waals surface area contributed by atoms with Crippen LogP contribution in [-0.4, -0.2) is 22.0 Å². The number of aromatic nitrogens is 2. The van der Waals surface area contributed by atoms with Crippen molar-refractivity contribution in [2.75, 3.05) is 12.5 Å². The Balaban J connectivity index is 2.55. The molecule has 0 radical (unpaired) electrons. The Bertz CT molecular complexity index is 522. The number of imidazole rings is 1. The Kier molecular flexibility index (Phi) is 4.48. The van der Waals surface area contributed by atoms with Gasteiger partial charge in [0, 0.05) is 18.8 Å². The predicted octanol–water partition coefficient (Wildman–Crippen LogP) is 3.63. The van der Waals surface area contributed by atoms with Crippen LogP contribution in [0.2, 0.25) is 0 Å². The van der Waals surface area contributed by atoms with E-state index in [1.54, 1.807) is 0 Å². The van der Waals surface area contributed by atoms with Crippen LogP contribution in [0.15, 0.2) is 18.2 Å². The third-order valence-electron chi connectivity index (χ3n) is 2.89. The molecular weight excluding hydrogens is 248 g/mol. The normalized spacial score (nSPS) is 11.1. The molecule has 0 atom stereocenters. The van der Waals surface area contributed by atoms with Gasteiger partial charge in [-0.1, -0.05) is 13.0 Å². The van der Waals surface area contributed by atoms with E-state index < -0.39 is 0 Å². The van der Waals surface area contributed by atoms with Crippen LogP contribution in [0.1, 0.15) is 26.1 Å². The van der Waals surface area contributed by atoms with Gasteiger partial charge in [0.05, 0.1) is 12.1 Å². The maximum absolute atomic E-state index is 5.85. The largest absolute Gasteiger partial charge is 0.492 e. The first-order chi connectivity index (χ1) is 8.81. The van der Waals surface area contributed by atoms with Crippen molar-refractivity contribution < 1.29 is 4.74 Å². The van der Waals surface area contributed by atoms with Crippen molar-refractivity contribution in [3.63, 3.8) is 0 Å². The van der Waals surface area contributed by atoms with Crippen molar-refractivity contribution in [3.8, 4) is 5.75 Å². The minimum absolute atomic E-state index is 0.594. The van der Waals surface area contributed by atoms with Gasteiger partial charge in [-0.2, -0.15) is 0 Å². The lowest BCUT2D eigenvalue weighted by Gasteiger charge is -2.07. The van der Waals surface area contributed by atoms with Crippen molar-refractivity contribution in [2.24, 2.45) is 0 Å². The molecule has 0 bridgehead atoms. The van der Waals surface area contributed by atoms with Gasteiger partial charge in [0.1, 0.15) is 17.1 Å². The van der Waals surface area contributed by atoms with E-state index in [1.807, 2.05) is 19.1 Å². The van der Waals surface area contributed by atoms with Crippen molar-refractivity contribution >= 4 is 22.6 Å². The molecule has 2 rings (SSSR count). The molecule has 2 aromatic rings. The number of alkyl halides is 1. The molecule has 1 aromatic heterocycles. The Morgan fingerprint density at radius 3 is 2.83 bits per heavy atom. The topological polar surface area (TPSA) is 27.1 Å². The summed E-state index contributed by atoms with van der Waals surface area (Å²) < 4.78 is 7.89. The Morgan fingerprint density at radius 1 is 1.33 bits per heavy atom. The highest BCUT2D eigenvalue weighted by Gasteiger charge is 2.13. The SMILES string of the molecule is CCCn1c(CCCl)nc2c(OCC)cccc21. The number of benzene rings is 1. The lowest BCUT2D eigenvalue weighted by molar-refractivity contribution is 0.343. The number of hydrogen-bond donors (Lipinski definition) is 0. The molecule has 1 aromatic carbocycles. The van der Waals surface area contributed by atoms with Crippen LogP contribution in [0.4, 0.5) is 0 Å². The summed E-state index contributed by atoms with van der Waals surface area (Å²) >= 11 is 5.85. The molecule has 0 saturated carbocycles. The van der Waals surface area contributed by atoms with Crippen LogP contribution in [-0.2, 0) is 13.0 Å². The number of ether oxygens (including phenoxy) is 1. The van der Waals surface area contributed by atoms with E-state index in [4.69, 9.17) is 21.3 Å². The van der Waals surface area contributed by atoms with Crippen molar-refractivity contribution in [1.29, 1.82) is 0 Å². The summed E-state index contributed by atoms with van der Waals surface area (Å²) in [6.45, 7) is 5.78. The fourth-order valence-corrected chi connectivity index (χ4v) is 2.36. The maximum Gasteiger partial charge on any atom is 0.147 e. The molecular formula is C14H19ClN2O. The smallest absolute Gasteiger partial charge is 0.147 e. The van der Waals surface area contributed by atoms with E-state index in [0.29, 0.717) is 12.5 Å². The van der Waals surface area contributed by atoms with E-state index in [9.17, 15) is 0 Å². The summed E-state index contributed by atoms with van der Waals surface area (Å²) in [6.07, 6.45) is 1.88. The molecule has 0 aliphatic heterocycles. The summed E-state index contributed by atoms with van der Waals surface area (Å²) in [7, 11) is 0. The van der Waals surface area contributed by atoms with Crippen LogP contribution in [0.3, 0.4) is 0 Å². The minimum Gasteiger partial charge on any atom is -0.492 e. The van der Waals surface area contributed by atoms with Gasteiger partial charge < -0.3 is 9.30 Å². The van der Waals surface area contributed by atoms with Crippen molar-refractivity contribution in [1.82, 2.24) is 9.55 Å². The van der Waals surface area contributed by atoms with Crippen LogP contribution >= 0.6 is 11.6 Å². The summed E-state index contributed by atoms with van der Waals surface area (Å²) in [4.78, 5) is 4.69. The summed E-state index contributed by atoms with van der Waals surface area (Å²) in [5.41, 5.74) is 2.09. The number of rotatable bonds is 6. The molecule has 3 nitrogen and oxygen atoms in total. The molecule has 0 fully saturated rings. The average Bonchev–Trinajstić information content (AvgIpc) is 2.71. The lowest BCUT2D eigenvalue weighted by Crippen LogP contribution is -2.03. The number of nitrogens with zero attached hydrogens (tertiary/aromatic N) is 2. The zero-order valence-corrected chi connectivity index (χ0v) is 11.7. The van der Waals surface area contributed by atoms with Gasteiger partial charge in [-0.15, -0.1) is 11.6 Å². The number of halogens is 1. The lowest BCUT2D eigenvalue weighted by atomic mass is 10.3. The van der Waals surface area contributed by atoms with Gasteiger partial charge in [0.2, 0.25) is 0 Å². The molecule has 0 aliphatic rings. The highest BCUT2D eigenvalue weighted by atomic mass is 35.5. The van der Waals surface area contributed by atoms with E-state index in [-0.39, 0.29) is 0 Å². The number of para-hydroxylation sites is 1. The van der Waals surface area contributed by atoms with Crippen molar-refractivity contribution in [3.05, 3.63) is 24.0 Å². The minimum atomic E-state index is 0.594. The van der Waals surface area contributed by atoms with E-state index in [2.05, 4.69) is 17.6 Å². The van der Waals surface area contributed by atoms with E-state index in [1.165, 1.54) is 0 Å². The molecule has 4 heteroatoms. The zero-order valence-electron chi connectivity index (χ0n) is 10.9. The number of fused-ring (bicyclic) bond motifs is 1. The molecule has 0 unspecified atom stereocenters. The van der Waals surface area contributed by atoms with Gasteiger partial charge in [-0.3, -0.25) is 0 Å². The van der Waals surface area contributed by atoms with Gasteiger partial charge in [0.25, 0.3) is 0 Å².